The first-order chi connectivity index (χ1) is 12.2. The maximum Gasteiger partial charge on any atom is 0.310 e. The highest BCUT2D eigenvalue weighted by Gasteiger charge is 2.26. The third kappa shape index (κ3) is 3.90. The summed E-state index contributed by atoms with van der Waals surface area (Å²) in [5, 5.41) is 20.7. The maximum atomic E-state index is 12.1. The molecule has 0 unspecified atom stereocenters. The van der Waals surface area contributed by atoms with E-state index in [0.29, 0.717) is 18.4 Å². The molecule has 0 aliphatic carbocycles. The third-order valence-corrected chi connectivity index (χ3v) is 5.13. The molecule has 26 heavy (non-hydrogen) atoms. The smallest absolute Gasteiger partial charge is 0.310 e. The normalized spacial score (nSPS) is 11.3. The summed E-state index contributed by atoms with van der Waals surface area (Å²) >= 11 is 0. The van der Waals surface area contributed by atoms with Crippen molar-refractivity contribution in [3.8, 4) is 0 Å². The second-order valence-electron chi connectivity index (χ2n) is 5.70. The average Bonchev–Trinajstić information content (AvgIpc) is 2.58. The number of aromatic amines is 1. The molecule has 0 spiro atoms. The summed E-state index contributed by atoms with van der Waals surface area (Å²) < 4.78 is 23.7. The number of hydrogen-bond acceptors (Lipinski definition) is 7. The van der Waals surface area contributed by atoms with Crippen LogP contribution in [0, 0.1) is 10.1 Å². The molecule has 0 radical (unpaired) electrons. The Balaban J connectivity index is 2.49. The van der Waals surface area contributed by atoms with Gasteiger partial charge in [0.05, 0.1) is 10.6 Å². The highest BCUT2D eigenvalue weighted by atomic mass is 32.2. The molecule has 0 saturated heterocycles. The second-order valence-corrected chi connectivity index (χ2v) is 7.68. The lowest BCUT2D eigenvalue weighted by molar-refractivity contribution is -0.386. The quantitative estimate of drug-likeness (QED) is 0.552. The molecule has 0 saturated carbocycles. The van der Waals surface area contributed by atoms with E-state index in [1.165, 1.54) is 18.2 Å². The molecular formula is C16H20N4O5S. The van der Waals surface area contributed by atoms with Crippen LogP contribution in [-0.4, -0.2) is 29.8 Å². The van der Waals surface area contributed by atoms with Crippen LogP contribution in [0.15, 0.2) is 27.9 Å². The van der Waals surface area contributed by atoms with E-state index in [9.17, 15) is 23.3 Å². The number of anilines is 1. The van der Waals surface area contributed by atoms with Crippen molar-refractivity contribution in [1.82, 2.24) is 10.2 Å². The number of aromatic nitrogens is 2. The standard InChI is InChI=1S/C16H20N4O5S/c1-4-10-11(16(21)19-18-12(10)5-2)9-17-13-7-6-8-14(26(3,24)25)15(13)20(22)23/h6-8,17H,4-5,9H2,1-3H3,(H,19,21). The first kappa shape index (κ1) is 19.6. The number of nitrogens with one attached hydrogen (secondary N) is 2. The fourth-order valence-corrected chi connectivity index (χ4v) is 3.66. The summed E-state index contributed by atoms with van der Waals surface area (Å²) in [4.78, 5) is 22.4. The van der Waals surface area contributed by atoms with E-state index in [1.54, 1.807) is 0 Å². The van der Waals surface area contributed by atoms with Crippen LogP contribution in [0.5, 0.6) is 0 Å². The van der Waals surface area contributed by atoms with Crippen molar-refractivity contribution in [2.75, 3.05) is 11.6 Å². The van der Waals surface area contributed by atoms with Gasteiger partial charge in [0.25, 0.3) is 5.56 Å². The van der Waals surface area contributed by atoms with Crippen molar-refractivity contribution < 1.29 is 13.3 Å². The van der Waals surface area contributed by atoms with E-state index in [1.807, 2.05) is 13.8 Å². The van der Waals surface area contributed by atoms with Crippen molar-refractivity contribution in [2.24, 2.45) is 0 Å². The number of hydrogen-bond donors (Lipinski definition) is 2. The van der Waals surface area contributed by atoms with E-state index in [4.69, 9.17) is 0 Å². The molecule has 2 N–H and O–H groups in total. The van der Waals surface area contributed by atoms with Crippen LogP contribution < -0.4 is 10.9 Å². The first-order valence-corrected chi connectivity index (χ1v) is 9.90. The molecule has 1 heterocycles. The summed E-state index contributed by atoms with van der Waals surface area (Å²) in [7, 11) is -3.78. The third-order valence-electron chi connectivity index (χ3n) is 4.00. The molecule has 10 heteroatoms. The molecule has 2 aromatic rings. The van der Waals surface area contributed by atoms with Gasteiger partial charge in [0.1, 0.15) is 10.6 Å². The van der Waals surface area contributed by atoms with E-state index in [2.05, 4.69) is 15.5 Å². The van der Waals surface area contributed by atoms with Crippen molar-refractivity contribution in [3.05, 3.63) is 55.5 Å². The minimum absolute atomic E-state index is 0.0160. The Hall–Kier alpha value is -2.75. The molecule has 9 nitrogen and oxygen atoms in total. The van der Waals surface area contributed by atoms with Crippen molar-refractivity contribution in [2.45, 2.75) is 38.1 Å². The van der Waals surface area contributed by atoms with Crippen LogP contribution >= 0.6 is 0 Å². The number of nitrogens with zero attached hydrogens (tertiary/aromatic N) is 2. The van der Waals surface area contributed by atoms with Gasteiger partial charge in [-0.05, 0) is 30.5 Å². The van der Waals surface area contributed by atoms with Crippen LogP contribution in [0.3, 0.4) is 0 Å². The molecule has 0 bridgehead atoms. The predicted molar refractivity (Wildman–Crippen MR) is 97.1 cm³/mol. The maximum absolute atomic E-state index is 12.1. The van der Waals surface area contributed by atoms with Gasteiger partial charge in [-0.2, -0.15) is 5.10 Å². The van der Waals surface area contributed by atoms with Crippen LogP contribution in [0.25, 0.3) is 0 Å². The number of sulfone groups is 1. The van der Waals surface area contributed by atoms with Gasteiger partial charge in [-0.1, -0.05) is 19.9 Å². The molecule has 0 amide bonds. The Morgan fingerprint density at radius 3 is 2.46 bits per heavy atom. The summed E-state index contributed by atoms with van der Waals surface area (Å²) in [6.07, 6.45) is 2.13. The summed E-state index contributed by atoms with van der Waals surface area (Å²) in [5.41, 5.74) is 1.09. The summed E-state index contributed by atoms with van der Waals surface area (Å²) in [6, 6.07) is 4.01. The largest absolute Gasteiger partial charge is 0.375 e. The highest BCUT2D eigenvalue weighted by Crippen LogP contribution is 2.32. The number of rotatable bonds is 7. The van der Waals surface area contributed by atoms with Crippen LogP contribution in [0.2, 0.25) is 0 Å². The lowest BCUT2D eigenvalue weighted by atomic mass is 10.0. The van der Waals surface area contributed by atoms with Crippen LogP contribution in [-0.2, 0) is 29.2 Å². The molecule has 2 rings (SSSR count). The lowest BCUT2D eigenvalue weighted by Gasteiger charge is -2.13. The molecule has 0 atom stereocenters. The van der Waals surface area contributed by atoms with E-state index in [0.717, 1.165) is 17.5 Å². The fourth-order valence-electron chi connectivity index (χ4n) is 2.80. The Bertz CT molecular complexity index is 998. The number of H-pyrrole nitrogens is 1. The zero-order valence-electron chi connectivity index (χ0n) is 14.7. The van der Waals surface area contributed by atoms with Gasteiger partial charge >= 0.3 is 5.69 Å². The Morgan fingerprint density at radius 1 is 1.23 bits per heavy atom. The summed E-state index contributed by atoms with van der Waals surface area (Å²) in [5.74, 6) is 0. The zero-order valence-corrected chi connectivity index (χ0v) is 15.5. The summed E-state index contributed by atoms with van der Waals surface area (Å²) in [6.45, 7) is 3.82. The number of nitro benzene ring substituents is 1. The molecule has 1 aromatic carbocycles. The minimum atomic E-state index is -3.78. The number of benzene rings is 1. The van der Waals surface area contributed by atoms with Gasteiger partial charge in [0.2, 0.25) is 0 Å². The Labute approximate surface area is 150 Å². The Kier molecular flexibility index (Phi) is 5.76. The average molecular weight is 380 g/mol. The minimum Gasteiger partial charge on any atom is -0.375 e. The topological polar surface area (TPSA) is 135 Å². The number of para-hydroxylation sites is 1. The SMILES string of the molecule is CCc1n[nH]c(=O)c(CNc2cccc(S(C)(=O)=O)c2[N+](=O)[O-])c1CC. The Morgan fingerprint density at radius 2 is 1.92 bits per heavy atom. The van der Waals surface area contributed by atoms with Gasteiger partial charge in [0.15, 0.2) is 9.84 Å². The first-order valence-electron chi connectivity index (χ1n) is 8.01. The zero-order chi connectivity index (χ0) is 19.5. The molecule has 0 aliphatic heterocycles. The van der Waals surface area contributed by atoms with Crippen molar-refractivity contribution in [3.63, 3.8) is 0 Å². The van der Waals surface area contributed by atoms with E-state index >= 15 is 0 Å². The van der Waals surface area contributed by atoms with Gasteiger partial charge in [-0.3, -0.25) is 14.9 Å². The van der Waals surface area contributed by atoms with Crippen LogP contribution in [0.4, 0.5) is 11.4 Å². The number of aryl methyl sites for hydroxylation is 1. The molecule has 0 aliphatic rings. The monoisotopic (exact) mass is 380 g/mol. The second kappa shape index (κ2) is 7.65. The fraction of sp³-hybridized carbons (Fsp3) is 0.375. The lowest BCUT2D eigenvalue weighted by Crippen LogP contribution is -2.22. The molecular weight excluding hydrogens is 360 g/mol. The predicted octanol–water partition coefficient (Wildman–Crippen LogP) is 1.82. The molecule has 140 valence electrons. The van der Waals surface area contributed by atoms with Gasteiger partial charge in [-0.15, -0.1) is 0 Å². The molecule has 1 aromatic heterocycles. The van der Waals surface area contributed by atoms with Gasteiger partial charge in [0, 0.05) is 18.4 Å². The van der Waals surface area contributed by atoms with Crippen molar-refractivity contribution >= 4 is 21.2 Å². The van der Waals surface area contributed by atoms with E-state index < -0.39 is 20.4 Å². The number of nitro groups is 1. The van der Waals surface area contributed by atoms with E-state index in [-0.39, 0.29) is 22.7 Å². The van der Waals surface area contributed by atoms with Gasteiger partial charge in [-0.25, -0.2) is 13.5 Å². The van der Waals surface area contributed by atoms with Gasteiger partial charge < -0.3 is 5.32 Å². The highest BCUT2D eigenvalue weighted by molar-refractivity contribution is 7.90. The van der Waals surface area contributed by atoms with Crippen LogP contribution in [0.1, 0.15) is 30.7 Å². The van der Waals surface area contributed by atoms with Crippen molar-refractivity contribution in [1.29, 1.82) is 0 Å². The molecule has 0 fully saturated rings.